The third kappa shape index (κ3) is 12.3. The molecule has 0 unspecified atom stereocenters. The molecule has 0 aromatic carbocycles. The lowest BCUT2D eigenvalue weighted by Crippen LogP contribution is -2.16. The fraction of sp³-hybridized carbons (Fsp3) is 1.00. The van der Waals surface area contributed by atoms with Gasteiger partial charge in [0.05, 0.1) is 0 Å². The summed E-state index contributed by atoms with van der Waals surface area (Å²) in [7, 11) is 0. The van der Waals surface area contributed by atoms with Crippen molar-refractivity contribution in [3.05, 3.63) is 0 Å². The van der Waals surface area contributed by atoms with Crippen LogP contribution in [-0.4, -0.2) is 36.8 Å². The smallest absolute Gasteiger partial charge is 0.0431 e. The minimum atomic E-state index is 0.329. The third-order valence-corrected chi connectivity index (χ3v) is 2.66. The van der Waals surface area contributed by atoms with Gasteiger partial charge >= 0.3 is 0 Å². The zero-order valence-electron chi connectivity index (χ0n) is 8.72. The van der Waals surface area contributed by atoms with Gasteiger partial charge in [-0.2, -0.15) is 11.8 Å². The van der Waals surface area contributed by atoms with Gasteiger partial charge in [0.25, 0.3) is 0 Å². The van der Waals surface area contributed by atoms with Crippen molar-refractivity contribution < 1.29 is 5.11 Å². The molecule has 0 heterocycles. The molecule has 0 aliphatic rings. The molecule has 0 saturated heterocycles. The highest BCUT2D eigenvalue weighted by Gasteiger charge is 1.89. The Balaban J connectivity index is 2.76. The summed E-state index contributed by atoms with van der Waals surface area (Å²) in [6, 6.07) is 0. The van der Waals surface area contributed by atoms with Crippen molar-refractivity contribution in [2.45, 2.75) is 32.1 Å². The van der Waals surface area contributed by atoms with E-state index in [0.29, 0.717) is 6.61 Å². The Labute approximate surface area is 86.5 Å². The van der Waals surface area contributed by atoms with Gasteiger partial charge in [-0.05, 0) is 50.8 Å². The molecule has 80 valence electrons. The fourth-order valence-corrected chi connectivity index (χ4v) is 1.65. The number of nitrogens with one attached hydrogen (secondary N) is 1. The van der Waals surface area contributed by atoms with Crippen LogP contribution in [0.3, 0.4) is 0 Å². The van der Waals surface area contributed by atoms with Crippen LogP contribution < -0.4 is 5.32 Å². The Bertz CT molecular complexity index is 81.0. The van der Waals surface area contributed by atoms with Crippen LogP contribution in [0.1, 0.15) is 32.1 Å². The summed E-state index contributed by atoms with van der Waals surface area (Å²) in [5.41, 5.74) is 0. The molecule has 0 saturated carbocycles. The van der Waals surface area contributed by atoms with Crippen molar-refractivity contribution >= 4 is 11.8 Å². The van der Waals surface area contributed by atoms with Gasteiger partial charge in [0.15, 0.2) is 0 Å². The maximum Gasteiger partial charge on any atom is 0.0431 e. The monoisotopic (exact) mass is 205 g/mol. The zero-order valence-corrected chi connectivity index (χ0v) is 9.54. The molecule has 0 aromatic heterocycles. The first kappa shape index (κ1) is 13.3. The topological polar surface area (TPSA) is 32.3 Å². The summed E-state index contributed by atoms with van der Waals surface area (Å²) >= 11 is 1.93. The van der Waals surface area contributed by atoms with Crippen LogP contribution in [0.5, 0.6) is 0 Å². The first-order valence-electron chi connectivity index (χ1n) is 5.22. The number of aliphatic hydroxyl groups is 1. The van der Waals surface area contributed by atoms with Crippen LogP contribution in [0.15, 0.2) is 0 Å². The van der Waals surface area contributed by atoms with Crippen molar-refractivity contribution in [1.82, 2.24) is 5.32 Å². The molecule has 0 aliphatic heterocycles. The Kier molecular flexibility index (Phi) is 12.5. The summed E-state index contributed by atoms with van der Waals surface area (Å²) in [4.78, 5) is 0. The van der Waals surface area contributed by atoms with Crippen LogP contribution in [-0.2, 0) is 0 Å². The van der Waals surface area contributed by atoms with Gasteiger partial charge in [-0.25, -0.2) is 0 Å². The molecule has 3 heteroatoms. The second-order valence-electron chi connectivity index (χ2n) is 3.23. The van der Waals surface area contributed by atoms with Gasteiger partial charge < -0.3 is 10.4 Å². The van der Waals surface area contributed by atoms with Crippen molar-refractivity contribution in [2.24, 2.45) is 0 Å². The van der Waals surface area contributed by atoms with Crippen LogP contribution in [0.2, 0.25) is 0 Å². The van der Waals surface area contributed by atoms with E-state index in [9.17, 15) is 0 Å². The maximum atomic E-state index is 8.54. The van der Waals surface area contributed by atoms with Gasteiger partial charge in [-0.15, -0.1) is 0 Å². The Morgan fingerprint density at radius 2 is 1.69 bits per heavy atom. The predicted octanol–water partition coefficient (Wildman–Crippen LogP) is 1.88. The quantitative estimate of drug-likeness (QED) is 0.534. The Morgan fingerprint density at radius 3 is 2.31 bits per heavy atom. The highest BCUT2D eigenvalue weighted by Crippen LogP contribution is 2.01. The standard InChI is InChI=1S/C10H23NOS/c1-13-10-6-2-3-7-11-8-4-5-9-12/h11-12H,2-10H2,1H3. The van der Waals surface area contributed by atoms with Gasteiger partial charge in [0.1, 0.15) is 0 Å². The van der Waals surface area contributed by atoms with E-state index < -0.39 is 0 Å². The van der Waals surface area contributed by atoms with Gasteiger partial charge in [-0.3, -0.25) is 0 Å². The van der Waals surface area contributed by atoms with Crippen LogP contribution in [0.25, 0.3) is 0 Å². The van der Waals surface area contributed by atoms with E-state index in [1.54, 1.807) is 0 Å². The minimum absolute atomic E-state index is 0.329. The molecule has 0 amide bonds. The lowest BCUT2D eigenvalue weighted by molar-refractivity contribution is 0.283. The van der Waals surface area contributed by atoms with E-state index in [1.807, 2.05) is 11.8 Å². The van der Waals surface area contributed by atoms with E-state index in [1.165, 1.54) is 25.0 Å². The van der Waals surface area contributed by atoms with Gasteiger partial charge in [0, 0.05) is 6.61 Å². The van der Waals surface area contributed by atoms with E-state index >= 15 is 0 Å². The lowest BCUT2D eigenvalue weighted by atomic mass is 10.2. The first-order valence-corrected chi connectivity index (χ1v) is 6.61. The number of hydrogen-bond acceptors (Lipinski definition) is 3. The van der Waals surface area contributed by atoms with E-state index in [-0.39, 0.29) is 0 Å². The molecule has 0 aliphatic carbocycles. The molecule has 0 rings (SSSR count). The maximum absolute atomic E-state index is 8.54. The normalized spacial score (nSPS) is 10.6. The zero-order chi connectivity index (χ0) is 9.78. The molecule has 0 spiro atoms. The van der Waals surface area contributed by atoms with Crippen molar-refractivity contribution in [3.8, 4) is 0 Å². The summed E-state index contributed by atoms with van der Waals surface area (Å²) in [6.07, 6.45) is 8.17. The molecule has 0 radical (unpaired) electrons. The highest BCUT2D eigenvalue weighted by atomic mass is 32.2. The number of rotatable bonds is 10. The number of thioether (sulfide) groups is 1. The molecule has 0 atom stereocenters. The molecule has 0 fully saturated rings. The average molecular weight is 205 g/mol. The highest BCUT2D eigenvalue weighted by molar-refractivity contribution is 7.98. The van der Waals surface area contributed by atoms with E-state index in [0.717, 1.165) is 25.9 Å². The average Bonchev–Trinajstić information content (AvgIpc) is 2.16. The van der Waals surface area contributed by atoms with Crippen molar-refractivity contribution in [1.29, 1.82) is 0 Å². The molecule has 2 nitrogen and oxygen atoms in total. The fourth-order valence-electron chi connectivity index (χ4n) is 1.16. The SMILES string of the molecule is CSCCCCCNCCCCO. The van der Waals surface area contributed by atoms with E-state index in [2.05, 4.69) is 11.6 Å². The Morgan fingerprint density at radius 1 is 1.00 bits per heavy atom. The summed E-state index contributed by atoms with van der Waals surface area (Å²) in [5.74, 6) is 1.30. The molecule has 0 bridgehead atoms. The second-order valence-corrected chi connectivity index (χ2v) is 4.22. The molecule has 13 heavy (non-hydrogen) atoms. The molecule has 0 aromatic rings. The van der Waals surface area contributed by atoms with Crippen LogP contribution in [0, 0.1) is 0 Å². The molecular formula is C10H23NOS. The Hall–Kier alpha value is 0.270. The minimum Gasteiger partial charge on any atom is -0.396 e. The van der Waals surface area contributed by atoms with Crippen LogP contribution in [0.4, 0.5) is 0 Å². The first-order chi connectivity index (χ1) is 6.41. The molecular weight excluding hydrogens is 182 g/mol. The second kappa shape index (κ2) is 12.3. The third-order valence-electron chi connectivity index (χ3n) is 1.96. The predicted molar refractivity (Wildman–Crippen MR) is 61.4 cm³/mol. The largest absolute Gasteiger partial charge is 0.396 e. The summed E-state index contributed by atoms with van der Waals surface area (Å²) < 4.78 is 0. The summed E-state index contributed by atoms with van der Waals surface area (Å²) in [6.45, 7) is 2.53. The van der Waals surface area contributed by atoms with Crippen molar-refractivity contribution in [3.63, 3.8) is 0 Å². The summed E-state index contributed by atoms with van der Waals surface area (Å²) in [5, 5.41) is 11.9. The van der Waals surface area contributed by atoms with Crippen LogP contribution >= 0.6 is 11.8 Å². The van der Waals surface area contributed by atoms with Gasteiger partial charge in [-0.1, -0.05) is 6.42 Å². The number of unbranched alkanes of at least 4 members (excludes halogenated alkanes) is 3. The van der Waals surface area contributed by atoms with E-state index in [4.69, 9.17) is 5.11 Å². The lowest BCUT2D eigenvalue weighted by Gasteiger charge is -2.03. The number of aliphatic hydroxyl groups excluding tert-OH is 1. The number of hydrogen-bond donors (Lipinski definition) is 2. The molecule has 2 N–H and O–H groups in total. The van der Waals surface area contributed by atoms with Gasteiger partial charge in [0.2, 0.25) is 0 Å². The van der Waals surface area contributed by atoms with Crippen molar-refractivity contribution in [2.75, 3.05) is 31.7 Å².